The number of carbonyl (C=O) groups excluding carboxylic acids is 2. The maximum Gasteiger partial charge on any atom is 0.320 e. The smallest absolute Gasteiger partial charge is 0.320 e. The second-order valence-corrected chi connectivity index (χ2v) is 12.9. The van der Waals surface area contributed by atoms with Crippen molar-refractivity contribution in [2.75, 3.05) is 14.1 Å². The highest BCUT2D eigenvalue weighted by atomic mass is 79.9. The van der Waals surface area contributed by atoms with Gasteiger partial charge >= 0.3 is 11.8 Å². The molecule has 0 rings (SSSR count). The zero-order valence-electron chi connectivity index (χ0n) is 28.8. The number of nitrogens with zero attached hydrogens (tertiary/aromatic N) is 1. The Labute approximate surface area is 274 Å². The minimum absolute atomic E-state index is 0. The first kappa shape index (κ1) is 43.4. The van der Waals surface area contributed by atoms with Crippen LogP contribution in [-0.4, -0.2) is 30.4 Å². The van der Waals surface area contributed by atoms with E-state index >= 15 is 0 Å². The SMILES string of the molecule is CCCCCCCC/C=C\CCCCCCCC(=O)[N+](C)(C)C(=O)CCCCCCC/C=C\CCCCCCCC.[Br-]. The second-order valence-electron chi connectivity index (χ2n) is 12.9. The average molecular weight is 655 g/mol. The average Bonchev–Trinajstić information content (AvgIpc) is 2.96. The van der Waals surface area contributed by atoms with Gasteiger partial charge < -0.3 is 17.0 Å². The summed E-state index contributed by atoms with van der Waals surface area (Å²) in [6, 6.07) is 0. The number of hydrogen-bond donors (Lipinski definition) is 0. The van der Waals surface area contributed by atoms with Gasteiger partial charge in [0.25, 0.3) is 0 Å². The Morgan fingerprint density at radius 3 is 0.929 bits per heavy atom. The minimum atomic E-state index is -0.0766. The van der Waals surface area contributed by atoms with Gasteiger partial charge in [-0.15, -0.1) is 0 Å². The van der Waals surface area contributed by atoms with E-state index in [-0.39, 0.29) is 33.3 Å². The van der Waals surface area contributed by atoms with Crippen LogP contribution >= 0.6 is 0 Å². The number of unbranched alkanes of at least 4 members (excludes halogenated alkanes) is 22. The Morgan fingerprint density at radius 1 is 0.405 bits per heavy atom. The molecule has 0 spiro atoms. The van der Waals surface area contributed by atoms with Gasteiger partial charge in [-0.1, -0.05) is 141 Å². The summed E-state index contributed by atoms with van der Waals surface area (Å²) in [4.78, 5) is 25.5. The van der Waals surface area contributed by atoms with Gasteiger partial charge in [-0.2, -0.15) is 0 Å². The molecule has 0 radical (unpaired) electrons. The van der Waals surface area contributed by atoms with Gasteiger partial charge in [-0.25, -0.2) is 14.1 Å². The van der Waals surface area contributed by atoms with E-state index in [1.54, 1.807) is 14.1 Å². The molecule has 0 aromatic heterocycles. The van der Waals surface area contributed by atoms with Gasteiger partial charge in [0.2, 0.25) is 0 Å². The molecule has 0 fully saturated rings. The van der Waals surface area contributed by atoms with Crippen LogP contribution in [0.25, 0.3) is 0 Å². The highest BCUT2D eigenvalue weighted by Gasteiger charge is 2.33. The monoisotopic (exact) mass is 653 g/mol. The summed E-state index contributed by atoms with van der Waals surface area (Å²) >= 11 is 0. The molecule has 0 aromatic rings. The lowest BCUT2D eigenvalue weighted by molar-refractivity contribution is -0.736. The lowest BCUT2D eigenvalue weighted by Crippen LogP contribution is -3.00. The van der Waals surface area contributed by atoms with Crippen LogP contribution in [0.3, 0.4) is 0 Å². The van der Waals surface area contributed by atoms with Gasteiger partial charge in [0.15, 0.2) is 0 Å². The Kier molecular flexibility index (Phi) is 34.3. The third kappa shape index (κ3) is 28.1. The first-order valence-electron chi connectivity index (χ1n) is 18.2. The molecule has 0 aliphatic rings. The molecular weight excluding hydrogens is 582 g/mol. The zero-order chi connectivity index (χ0) is 30.3. The number of rotatable bonds is 30. The van der Waals surface area contributed by atoms with Crippen LogP contribution in [0.1, 0.15) is 194 Å². The first-order chi connectivity index (χ1) is 20.0. The normalized spacial score (nSPS) is 11.9. The minimum Gasteiger partial charge on any atom is -1.00 e. The zero-order valence-corrected chi connectivity index (χ0v) is 30.3. The molecule has 0 aromatic carbocycles. The van der Waals surface area contributed by atoms with E-state index in [1.165, 1.54) is 141 Å². The van der Waals surface area contributed by atoms with E-state index in [9.17, 15) is 9.59 Å². The molecule has 0 saturated heterocycles. The molecule has 3 nitrogen and oxygen atoms in total. The highest BCUT2D eigenvalue weighted by molar-refractivity contribution is 5.84. The van der Waals surface area contributed by atoms with Gasteiger partial charge in [0.05, 0.1) is 26.9 Å². The van der Waals surface area contributed by atoms with E-state index < -0.39 is 0 Å². The quantitative estimate of drug-likeness (QED) is 0.0440. The molecule has 0 N–H and O–H groups in total. The van der Waals surface area contributed by atoms with Crippen molar-refractivity contribution in [2.24, 2.45) is 0 Å². The number of allylic oxidation sites excluding steroid dienone is 4. The molecule has 0 saturated carbocycles. The van der Waals surface area contributed by atoms with Crippen molar-refractivity contribution in [3.05, 3.63) is 24.3 Å². The fraction of sp³-hybridized carbons (Fsp3) is 0.842. The number of quaternary nitrogens is 1. The molecule has 42 heavy (non-hydrogen) atoms. The maximum absolute atomic E-state index is 12.7. The van der Waals surface area contributed by atoms with Gasteiger partial charge in [0, 0.05) is 0 Å². The summed E-state index contributed by atoms with van der Waals surface area (Å²) in [5, 5.41) is 0. The van der Waals surface area contributed by atoms with Gasteiger partial charge in [0.1, 0.15) is 0 Å². The van der Waals surface area contributed by atoms with Crippen molar-refractivity contribution >= 4 is 11.8 Å². The standard InChI is InChI=1S/C38H72NO2.BrH/c1-5-7-9-11-13-15-17-19-21-23-25-27-29-31-33-35-37(40)39(3,4)38(41)36-34-32-30-28-26-24-22-20-18-16-14-12-10-8-6-2;/h19-22H,5-18,23-36H2,1-4H3;1H/q+1;/p-1/b21-19-,22-20-;. The predicted octanol–water partition coefficient (Wildman–Crippen LogP) is 9.20. The summed E-state index contributed by atoms with van der Waals surface area (Å²) in [6.45, 7) is 4.54. The van der Waals surface area contributed by atoms with E-state index in [0.29, 0.717) is 12.8 Å². The molecule has 0 unspecified atom stereocenters. The Hall–Kier alpha value is -0.740. The lowest BCUT2D eigenvalue weighted by atomic mass is 10.1. The number of carbonyl (C=O) groups is 2. The van der Waals surface area contributed by atoms with Crippen LogP contribution in [0.2, 0.25) is 0 Å². The molecule has 0 aliphatic carbocycles. The molecule has 0 atom stereocenters. The molecule has 0 bridgehead atoms. The Morgan fingerprint density at radius 2 is 0.643 bits per heavy atom. The van der Waals surface area contributed by atoms with Crippen LogP contribution in [0, 0.1) is 0 Å². The third-order valence-electron chi connectivity index (χ3n) is 8.55. The molecular formula is C38H72BrNO2. The third-order valence-corrected chi connectivity index (χ3v) is 8.55. The molecule has 4 heteroatoms. The van der Waals surface area contributed by atoms with Crippen molar-refractivity contribution in [3.8, 4) is 0 Å². The largest absolute Gasteiger partial charge is 1.00 e. The summed E-state index contributed by atoms with van der Waals surface area (Å²) in [5.74, 6) is 0.167. The second kappa shape index (κ2) is 33.2. The van der Waals surface area contributed by atoms with E-state index in [2.05, 4.69) is 38.2 Å². The van der Waals surface area contributed by atoms with Crippen molar-refractivity contribution in [2.45, 2.75) is 194 Å². The first-order valence-corrected chi connectivity index (χ1v) is 18.2. The van der Waals surface area contributed by atoms with Crippen LogP contribution < -0.4 is 17.0 Å². The topological polar surface area (TPSA) is 34.1 Å². The van der Waals surface area contributed by atoms with Crippen molar-refractivity contribution in [1.82, 2.24) is 0 Å². The van der Waals surface area contributed by atoms with Crippen molar-refractivity contribution < 1.29 is 31.1 Å². The number of imide groups is 1. The lowest BCUT2D eigenvalue weighted by Gasteiger charge is -2.24. The summed E-state index contributed by atoms with van der Waals surface area (Å²) in [7, 11) is 3.58. The molecule has 0 heterocycles. The summed E-state index contributed by atoms with van der Waals surface area (Å²) in [5.41, 5.74) is 0. The molecule has 0 aliphatic heterocycles. The Balaban J connectivity index is 0. The van der Waals surface area contributed by atoms with Crippen LogP contribution in [0.4, 0.5) is 0 Å². The molecule has 248 valence electrons. The highest BCUT2D eigenvalue weighted by Crippen LogP contribution is 2.15. The van der Waals surface area contributed by atoms with Crippen molar-refractivity contribution in [3.63, 3.8) is 0 Å². The Bertz CT molecular complexity index is 601. The van der Waals surface area contributed by atoms with Crippen LogP contribution in [0.5, 0.6) is 0 Å². The van der Waals surface area contributed by atoms with E-state index in [0.717, 1.165) is 25.7 Å². The number of hydrogen-bond acceptors (Lipinski definition) is 2. The summed E-state index contributed by atoms with van der Waals surface area (Å²) < 4.78 is -0.0766. The van der Waals surface area contributed by atoms with Crippen molar-refractivity contribution in [1.29, 1.82) is 0 Å². The van der Waals surface area contributed by atoms with Crippen LogP contribution in [-0.2, 0) is 9.59 Å². The van der Waals surface area contributed by atoms with Crippen LogP contribution in [0.15, 0.2) is 24.3 Å². The fourth-order valence-electron chi connectivity index (χ4n) is 5.39. The maximum atomic E-state index is 12.7. The van der Waals surface area contributed by atoms with Gasteiger partial charge in [-0.3, -0.25) is 0 Å². The number of halogens is 1. The van der Waals surface area contributed by atoms with E-state index in [1.807, 2.05) is 0 Å². The summed E-state index contributed by atoms with van der Waals surface area (Å²) in [6.07, 6.45) is 43.1. The van der Waals surface area contributed by atoms with E-state index in [4.69, 9.17) is 0 Å². The number of amides is 2. The fourth-order valence-corrected chi connectivity index (χ4v) is 5.39. The van der Waals surface area contributed by atoms with Gasteiger partial charge in [-0.05, 0) is 64.2 Å². The molecule has 2 amide bonds. The predicted molar refractivity (Wildman–Crippen MR) is 181 cm³/mol.